The molecule has 0 radical (unpaired) electrons. The van der Waals surface area contributed by atoms with Crippen LogP contribution in [0.15, 0.2) is 6.20 Å². The summed E-state index contributed by atoms with van der Waals surface area (Å²) in [5.41, 5.74) is 5.93. The zero-order valence-electron chi connectivity index (χ0n) is 11.0. The van der Waals surface area contributed by atoms with Crippen LogP contribution in [-0.2, 0) is 16.9 Å². The van der Waals surface area contributed by atoms with Crippen LogP contribution in [-0.4, -0.2) is 12.1 Å². The van der Waals surface area contributed by atoms with Crippen LogP contribution < -0.4 is 5.73 Å². The highest BCUT2D eigenvalue weighted by atomic mass is 32.1. The molecule has 0 bridgehead atoms. The largest absolute Gasteiger partial charge is 0.371 e. The molecule has 1 fully saturated rings. The first kappa shape index (κ1) is 13.0. The van der Waals surface area contributed by atoms with Crippen LogP contribution in [0.2, 0.25) is 0 Å². The van der Waals surface area contributed by atoms with E-state index in [4.69, 9.17) is 10.5 Å². The van der Waals surface area contributed by atoms with Gasteiger partial charge in [0.15, 0.2) is 0 Å². The SMILES string of the molecule is COC1(c2ncc(CN)s2)CCC(C)(C)CC1. The molecular weight excluding hydrogens is 232 g/mol. The number of rotatable bonds is 3. The van der Waals surface area contributed by atoms with E-state index >= 15 is 0 Å². The van der Waals surface area contributed by atoms with Crippen LogP contribution in [0, 0.1) is 5.41 Å². The van der Waals surface area contributed by atoms with Gasteiger partial charge >= 0.3 is 0 Å². The minimum absolute atomic E-state index is 0.159. The molecule has 0 aliphatic heterocycles. The van der Waals surface area contributed by atoms with E-state index in [1.54, 1.807) is 11.3 Å². The highest BCUT2D eigenvalue weighted by Crippen LogP contribution is 2.47. The number of ether oxygens (including phenoxy) is 1. The Balaban J connectivity index is 2.21. The van der Waals surface area contributed by atoms with Crippen LogP contribution in [0.4, 0.5) is 0 Å². The maximum absolute atomic E-state index is 5.82. The normalized spacial score (nSPS) is 22.6. The zero-order valence-corrected chi connectivity index (χ0v) is 11.8. The molecule has 0 saturated heterocycles. The fraction of sp³-hybridized carbons (Fsp3) is 0.769. The lowest BCUT2D eigenvalue weighted by molar-refractivity contribution is -0.0667. The molecule has 2 rings (SSSR count). The second-order valence-electron chi connectivity index (χ2n) is 5.70. The fourth-order valence-electron chi connectivity index (χ4n) is 2.45. The molecule has 4 heteroatoms. The van der Waals surface area contributed by atoms with Gasteiger partial charge in [-0.1, -0.05) is 13.8 Å². The van der Waals surface area contributed by atoms with Crippen LogP contribution in [0.5, 0.6) is 0 Å². The molecule has 1 heterocycles. The number of aromatic nitrogens is 1. The molecule has 1 aromatic heterocycles. The lowest BCUT2D eigenvalue weighted by Crippen LogP contribution is -2.36. The maximum Gasteiger partial charge on any atom is 0.125 e. The molecular formula is C13H22N2OS. The van der Waals surface area contributed by atoms with Crippen molar-refractivity contribution in [1.82, 2.24) is 4.98 Å². The van der Waals surface area contributed by atoms with E-state index in [2.05, 4.69) is 18.8 Å². The Bertz CT molecular complexity index is 377. The van der Waals surface area contributed by atoms with Gasteiger partial charge in [0, 0.05) is 24.7 Å². The number of thiazole rings is 1. The predicted molar refractivity (Wildman–Crippen MR) is 70.9 cm³/mol. The van der Waals surface area contributed by atoms with E-state index in [-0.39, 0.29) is 5.60 Å². The molecule has 0 amide bonds. The van der Waals surface area contributed by atoms with Crippen LogP contribution in [0.3, 0.4) is 0 Å². The summed E-state index contributed by atoms with van der Waals surface area (Å²) < 4.78 is 5.82. The molecule has 0 atom stereocenters. The predicted octanol–water partition coefficient (Wildman–Crippen LogP) is 3.04. The molecule has 0 unspecified atom stereocenters. The average molecular weight is 254 g/mol. The first-order valence-electron chi connectivity index (χ1n) is 6.22. The van der Waals surface area contributed by atoms with E-state index < -0.39 is 0 Å². The minimum atomic E-state index is -0.159. The Hall–Kier alpha value is -0.450. The van der Waals surface area contributed by atoms with E-state index in [0.717, 1.165) is 22.7 Å². The Morgan fingerprint density at radius 3 is 2.47 bits per heavy atom. The maximum atomic E-state index is 5.82. The Morgan fingerprint density at radius 1 is 1.35 bits per heavy atom. The summed E-state index contributed by atoms with van der Waals surface area (Å²) in [4.78, 5) is 5.66. The fourth-order valence-corrected chi connectivity index (χ4v) is 3.46. The molecule has 1 aliphatic rings. The summed E-state index contributed by atoms with van der Waals surface area (Å²) in [5.74, 6) is 0. The van der Waals surface area contributed by atoms with E-state index in [0.29, 0.717) is 12.0 Å². The molecule has 0 spiro atoms. The first-order chi connectivity index (χ1) is 8.01. The highest BCUT2D eigenvalue weighted by Gasteiger charge is 2.41. The van der Waals surface area contributed by atoms with Crippen LogP contribution in [0.25, 0.3) is 0 Å². The summed E-state index contributed by atoms with van der Waals surface area (Å²) in [6.45, 7) is 5.24. The first-order valence-corrected chi connectivity index (χ1v) is 7.03. The summed E-state index contributed by atoms with van der Waals surface area (Å²) in [6.07, 6.45) is 6.40. The van der Waals surface area contributed by atoms with Crippen molar-refractivity contribution in [3.8, 4) is 0 Å². The number of nitrogens with zero attached hydrogens (tertiary/aromatic N) is 1. The molecule has 2 N–H and O–H groups in total. The summed E-state index contributed by atoms with van der Waals surface area (Å²) in [7, 11) is 1.81. The van der Waals surface area contributed by atoms with Gasteiger partial charge in [-0.3, -0.25) is 0 Å². The van der Waals surface area contributed by atoms with Crippen molar-refractivity contribution in [3.63, 3.8) is 0 Å². The van der Waals surface area contributed by atoms with Gasteiger partial charge in [0.05, 0.1) is 0 Å². The summed E-state index contributed by atoms with van der Waals surface area (Å²) in [5, 5.41) is 1.11. The molecule has 0 aromatic carbocycles. The second kappa shape index (κ2) is 4.67. The van der Waals surface area contributed by atoms with Crippen LogP contribution >= 0.6 is 11.3 Å². The summed E-state index contributed by atoms with van der Waals surface area (Å²) in [6, 6.07) is 0. The monoisotopic (exact) mass is 254 g/mol. The van der Waals surface area contributed by atoms with Gasteiger partial charge in [0.1, 0.15) is 10.6 Å². The van der Waals surface area contributed by atoms with Gasteiger partial charge < -0.3 is 10.5 Å². The lowest BCUT2D eigenvalue weighted by atomic mass is 9.71. The van der Waals surface area contributed by atoms with E-state index in [1.165, 1.54) is 12.8 Å². The van der Waals surface area contributed by atoms with Crippen molar-refractivity contribution in [1.29, 1.82) is 0 Å². The number of hydrogen-bond donors (Lipinski definition) is 1. The van der Waals surface area contributed by atoms with E-state index in [9.17, 15) is 0 Å². The minimum Gasteiger partial charge on any atom is -0.371 e. The standard InChI is InChI=1S/C13H22N2OS/c1-12(2)4-6-13(16-3,7-5-12)11-15-9-10(8-14)17-11/h9H,4-8,14H2,1-3H3. The number of hydrogen-bond acceptors (Lipinski definition) is 4. The molecule has 1 saturated carbocycles. The Morgan fingerprint density at radius 2 is 2.00 bits per heavy atom. The zero-order chi connectivity index (χ0) is 12.5. The third-order valence-electron chi connectivity index (χ3n) is 3.95. The molecule has 96 valence electrons. The van der Waals surface area contributed by atoms with Crippen molar-refractivity contribution in [2.75, 3.05) is 7.11 Å². The van der Waals surface area contributed by atoms with Crippen molar-refractivity contribution in [3.05, 3.63) is 16.1 Å². The van der Waals surface area contributed by atoms with Gasteiger partial charge in [0.25, 0.3) is 0 Å². The summed E-state index contributed by atoms with van der Waals surface area (Å²) >= 11 is 1.70. The quantitative estimate of drug-likeness (QED) is 0.902. The number of nitrogens with two attached hydrogens (primary N) is 1. The highest BCUT2D eigenvalue weighted by molar-refractivity contribution is 7.11. The van der Waals surface area contributed by atoms with Crippen LogP contribution in [0.1, 0.15) is 49.4 Å². The van der Waals surface area contributed by atoms with Gasteiger partial charge in [-0.15, -0.1) is 11.3 Å². The average Bonchev–Trinajstić information content (AvgIpc) is 2.79. The molecule has 3 nitrogen and oxygen atoms in total. The Labute approximate surface area is 107 Å². The van der Waals surface area contributed by atoms with Gasteiger partial charge in [0.2, 0.25) is 0 Å². The smallest absolute Gasteiger partial charge is 0.125 e. The van der Waals surface area contributed by atoms with Gasteiger partial charge in [-0.2, -0.15) is 0 Å². The third kappa shape index (κ3) is 2.54. The van der Waals surface area contributed by atoms with Crippen molar-refractivity contribution >= 4 is 11.3 Å². The Kier molecular flexibility index (Phi) is 3.57. The lowest BCUT2D eigenvalue weighted by Gasteiger charge is -2.41. The third-order valence-corrected chi connectivity index (χ3v) is 5.15. The molecule has 1 aromatic rings. The van der Waals surface area contributed by atoms with Crippen molar-refractivity contribution in [2.45, 2.75) is 51.7 Å². The van der Waals surface area contributed by atoms with Crippen molar-refractivity contribution in [2.24, 2.45) is 11.1 Å². The van der Waals surface area contributed by atoms with E-state index in [1.807, 2.05) is 13.3 Å². The van der Waals surface area contributed by atoms with Gasteiger partial charge in [-0.25, -0.2) is 4.98 Å². The van der Waals surface area contributed by atoms with Crippen molar-refractivity contribution < 1.29 is 4.74 Å². The molecule has 1 aliphatic carbocycles. The molecule has 17 heavy (non-hydrogen) atoms. The number of methoxy groups -OCH3 is 1. The second-order valence-corrected chi connectivity index (χ2v) is 6.81. The topological polar surface area (TPSA) is 48.1 Å². The van der Waals surface area contributed by atoms with Gasteiger partial charge in [-0.05, 0) is 31.1 Å².